The smallest absolute Gasteiger partial charge is 0.325 e. The summed E-state index contributed by atoms with van der Waals surface area (Å²) in [6.45, 7) is 1.03. The lowest BCUT2D eigenvalue weighted by Gasteiger charge is -2.26. The molecule has 0 saturated carbocycles. The molecule has 2 aromatic rings. The van der Waals surface area contributed by atoms with Gasteiger partial charge < -0.3 is 16.0 Å². The number of urea groups is 1. The van der Waals surface area contributed by atoms with Crippen molar-refractivity contribution in [3.05, 3.63) is 66.0 Å². The third-order valence-electron chi connectivity index (χ3n) is 4.94. The Bertz CT molecular complexity index is 981. The van der Waals surface area contributed by atoms with E-state index in [0.29, 0.717) is 24.1 Å². The van der Waals surface area contributed by atoms with E-state index in [1.807, 2.05) is 13.0 Å². The largest absolute Gasteiger partial charge is 0.345 e. The number of halogens is 1. The predicted octanol–water partition coefficient (Wildman–Crippen LogP) is 2.13. The van der Waals surface area contributed by atoms with Crippen LogP contribution in [0.3, 0.4) is 0 Å². The van der Waals surface area contributed by atoms with E-state index in [4.69, 9.17) is 0 Å². The van der Waals surface area contributed by atoms with Gasteiger partial charge in [-0.15, -0.1) is 0 Å². The van der Waals surface area contributed by atoms with Crippen molar-refractivity contribution in [2.24, 2.45) is 0 Å². The van der Waals surface area contributed by atoms with Crippen LogP contribution in [0.5, 0.6) is 0 Å². The molecule has 1 heterocycles. The van der Waals surface area contributed by atoms with Gasteiger partial charge in [-0.2, -0.15) is 0 Å². The lowest BCUT2D eigenvalue weighted by atomic mass is 9.85. The summed E-state index contributed by atoms with van der Waals surface area (Å²) in [7, 11) is 0. The minimum absolute atomic E-state index is 0.362. The monoisotopic (exact) mass is 426 g/mol. The van der Waals surface area contributed by atoms with Crippen LogP contribution < -0.4 is 16.0 Å². The summed E-state index contributed by atoms with van der Waals surface area (Å²) in [5.41, 5.74) is -0.188. The van der Waals surface area contributed by atoms with Gasteiger partial charge in [0.25, 0.3) is 5.91 Å². The number of hydrogen-bond donors (Lipinski definition) is 3. The van der Waals surface area contributed by atoms with Crippen molar-refractivity contribution in [2.75, 3.05) is 18.4 Å². The predicted molar refractivity (Wildman–Crippen MR) is 111 cm³/mol. The van der Waals surface area contributed by atoms with Gasteiger partial charge in [0.05, 0.1) is 6.54 Å². The molecule has 1 aliphatic heterocycles. The molecule has 0 spiro atoms. The average molecular weight is 426 g/mol. The summed E-state index contributed by atoms with van der Waals surface area (Å²) in [6.07, 6.45) is 1.03. The van der Waals surface area contributed by atoms with Crippen molar-refractivity contribution in [1.82, 2.24) is 15.5 Å². The molecule has 0 aromatic heterocycles. The second kappa shape index (κ2) is 9.38. The molecule has 2 aromatic carbocycles. The minimum Gasteiger partial charge on any atom is -0.345 e. The highest BCUT2D eigenvalue weighted by molar-refractivity contribution is 6.09. The van der Waals surface area contributed by atoms with E-state index in [2.05, 4.69) is 16.0 Å². The van der Waals surface area contributed by atoms with Gasteiger partial charge >= 0.3 is 6.03 Å². The number of amides is 5. The zero-order chi connectivity index (χ0) is 22.4. The van der Waals surface area contributed by atoms with E-state index < -0.39 is 41.7 Å². The first-order valence-corrected chi connectivity index (χ1v) is 9.87. The molecule has 9 heteroatoms. The Hall–Kier alpha value is -3.75. The molecule has 1 fully saturated rings. The zero-order valence-electron chi connectivity index (χ0n) is 17.0. The number of carbonyl (C=O) groups is 4. The third-order valence-corrected chi connectivity index (χ3v) is 4.94. The SMILES string of the molecule is CCCC1(c2ccccc2)NC(=O)N(CC(=O)NCC(=O)Nc2ccc(F)cc2)C1=O. The second-order valence-corrected chi connectivity index (χ2v) is 7.17. The molecule has 1 saturated heterocycles. The van der Waals surface area contributed by atoms with Gasteiger partial charge in [-0.05, 0) is 36.2 Å². The summed E-state index contributed by atoms with van der Waals surface area (Å²) in [4.78, 5) is 50.7. The molecule has 0 radical (unpaired) electrons. The molecule has 0 bridgehead atoms. The average Bonchev–Trinajstić information content (AvgIpc) is 3.00. The van der Waals surface area contributed by atoms with E-state index in [9.17, 15) is 23.6 Å². The first kappa shape index (κ1) is 21.9. The summed E-state index contributed by atoms with van der Waals surface area (Å²) < 4.78 is 12.9. The number of anilines is 1. The van der Waals surface area contributed by atoms with Crippen molar-refractivity contribution in [1.29, 1.82) is 0 Å². The van der Waals surface area contributed by atoms with Crippen LogP contribution in [-0.2, 0) is 19.9 Å². The van der Waals surface area contributed by atoms with Crippen LogP contribution in [0.25, 0.3) is 0 Å². The fourth-order valence-electron chi connectivity index (χ4n) is 3.49. The van der Waals surface area contributed by atoms with E-state index in [1.54, 1.807) is 24.3 Å². The number of benzene rings is 2. The van der Waals surface area contributed by atoms with Gasteiger partial charge in [0.1, 0.15) is 17.9 Å². The topological polar surface area (TPSA) is 108 Å². The molecule has 5 amide bonds. The van der Waals surface area contributed by atoms with Crippen LogP contribution in [0.15, 0.2) is 54.6 Å². The molecule has 1 atom stereocenters. The van der Waals surface area contributed by atoms with E-state index in [1.165, 1.54) is 24.3 Å². The Kier molecular flexibility index (Phi) is 6.64. The van der Waals surface area contributed by atoms with Gasteiger partial charge in [0, 0.05) is 5.69 Å². The normalized spacial score (nSPS) is 17.9. The fraction of sp³-hybridized carbons (Fsp3) is 0.273. The van der Waals surface area contributed by atoms with Crippen molar-refractivity contribution in [3.8, 4) is 0 Å². The molecular weight excluding hydrogens is 403 g/mol. The van der Waals surface area contributed by atoms with E-state index in [-0.39, 0.29) is 6.54 Å². The number of imide groups is 1. The third kappa shape index (κ3) is 4.88. The maximum absolute atomic E-state index is 13.1. The lowest BCUT2D eigenvalue weighted by Crippen LogP contribution is -2.45. The molecule has 1 aliphatic rings. The van der Waals surface area contributed by atoms with Crippen molar-refractivity contribution >= 4 is 29.4 Å². The number of carbonyl (C=O) groups excluding carboxylic acids is 4. The number of hydrogen-bond acceptors (Lipinski definition) is 4. The lowest BCUT2D eigenvalue weighted by molar-refractivity contribution is -0.135. The van der Waals surface area contributed by atoms with Crippen LogP contribution in [0.2, 0.25) is 0 Å². The second-order valence-electron chi connectivity index (χ2n) is 7.17. The van der Waals surface area contributed by atoms with Crippen LogP contribution in [0, 0.1) is 5.82 Å². The standard InChI is InChI=1S/C22H23FN4O4/c1-2-12-22(15-6-4-3-5-7-15)20(30)27(21(31)26-22)14-19(29)24-13-18(28)25-17-10-8-16(23)9-11-17/h3-11H,2,12-14H2,1H3,(H,24,29)(H,25,28)(H,26,31). The van der Waals surface area contributed by atoms with Gasteiger partial charge in [0.2, 0.25) is 11.8 Å². The Labute approximate surface area is 178 Å². The molecule has 31 heavy (non-hydrogen) atoms. The summed E-state index contributed by atoms with van der Waals surface area (Å²) in [5.74, 6) is -2.12. The van der Waals surface area contributed by atoms with Gasteiger partial charge in [-0.25, -0.2) is 9.18 Å². The molecule has 8 nitrogen and oxygen atoms in total. The molecule has 3 N–H and O–H groups in total. The van der Waals surface area contributed by atoms with E-state index in [0.717, 1.165) is 4.90 Å². The Morgan fingerprint density at radius 1 is 1.03 bits per heavy atom. The molecular formula is C22H23FN4O4. The number of nitrogens with one attached hydrogen (secondary N) is 3. The van der Waals surface area contributed by atoms with Crippen LogP contribution in [0.1, 0.15) is 25.3 Å². The van der Waals surface area contributed by atoms with Gasteiger partial charge in [-0.1, -0.05) is 43.7 Å². The van der Waals surface area contributed by atoms with Crippen LogP contribution in [-0.4, -0.2) is 41.7 Å². The zero-order valence-corrected chi connectivity index (χ0v) is 17.0. The fourth-order valence-corrected chi connectivity index (χ4v) is 3.49. The van der Waals surface area contributed by atoms with Gasteiger partial charge in [0.15, 0.2) is 0 Å². The van der Waals surface area contributed by atoms with Crippen molar-refractivity contribution < 1.29 is 23.6 Å². The number of nitrogens with zero attached hydrogens (tertiary/aromatic N) is 1. The molecule has 3 rings (SSSR count). The molecule has 0 aliphatic carbocycles. The number of rotatable bonds is 8. The molecule has 1 unspecified atom stereocenters. The Balaban J connectivity index is 1.60. The van der Waals surface area contributed by atoms with E-state index >= 15 is 0 Å². The van der Waals surface area contributed by atoms with Crippen LogP contribution in [0.4, 0.5) is 14.9 Å². The highest BCUT2D eigenvalue weighted by atomic mass is 19.1. The quantitative estimate of drug-likeness (QED) is 0.562. The minimum atomic E-state index is -1.21. The Morgan fingerprint density at radius 3 is 2.35 bits per heavy atom. The molecule has 162 valence electrons. The highest BCUT2D eigenvalue weighted by Gasteiger charge is 2.52. The van der Waals surface area contributed by atoms with Crippen molar-refractivity contribution in [2.45, 2.75) is 25.3 Å². The summed E-state index contributed by atoms with van der Waals surface area (Å²) in [5, 5.41) is 7.63. The van der Waals surface area contributed by atoms with Gasteiger partial charge in [-0.3, -0.25) is 19.3 Å². The first-order valence-electron chi connectivity index (χ1n) is 9.87. The summed E-state index contributed by atoms with van der Waals surface area (Å²) >= 11 is 0. The highest BCUT2D eigenvalue weighted by Crippen LogP contribution is 2.33. The van der Waals surface area contributed by atoms with Crippen LogP contribution >= 0.6 is 0 Å². The maximum Gasteiger partial charge on any atom is 0.325 e. The maximum atomic E-state index is 13.1. The van der Waals surface area contributed by atoms with Crippen molar-refractivity contribution in [3.63, 3.8) is 0 Å². The Morgan fingerprint density at radius 2 is 1.71 bits per heavy atom. The summed E-state index contributed by atoms with van der Waals surface area (Å²) in [6, 6.07) is 13.4. The first-order chi connectivity index (χ1) is 14.9.